The molecule has 34 heavy (non-hydrogen) atoms. The number of ether oxygens (including phenoxy) is 1. The van der Waals surface area contributed by atoms with Crippen molar-refractivity contribution in [3.8, 4) is 17.0 Å². The van der Waals surface area contributed by atoms with Gasteiger partial charge in [0.05, 0.1) is 12.2 Å². The Morgan fingerprint density at radius 3 is 2.85 bits per heavy atom. The minimum atomic E-state index is -0.462. The number of halogens is 2. The third-order valence-electron chi connectivity index (χ3n) is 5.88. The summed E-state index contributed by atoms with van der Waals surface area (Å²) in [5, 5.41) is 5.66. The average Bonchev–Trinajstić information content (AvgIpc) is 3.50. The Hall–Kier alpha value is -3.46. The molecule has 2 fully saturated rings. The summed E-state index contributed by atoms with van der Waals surface area (Å²) in [6, 6.07) is 7.85. The highest BCUT2D eigenvalue weighted by Gasteiger charge is 2.29. The topological polar surface area (TPSA) is 95.9 Å². The number of carbonyl (C=O) groups is 2. The molecule has 1 saturated heterocycles. The molecular weight excluding hydrogens is 461 g/mol. The summed E-state index contributed by atoms with van der Waals surface area (Å²) in [4.78, 5) is 34.0. The molecular formula is C24H23ClFN5O3. The van der Waals surface area contributed by atoms with E-state index in [9.17, 15) is 14.0 Å². The number of anilines is 1. The highest BCUT2D eigenvalue weighted by atomic mass is 35.5. The smallest absolute Gasteiger partial charge is 0.319 e. The van der Waals surface area contributed by atoms with Crippen LogP contribution in [0.2, 0.25) is 0 Å². The number of hydrogen-bond donors (Lipinski definition) is 2. The number of nitrogens with one attached hydrogen (secondary N) is 2. The van der Waals surface area contributed by atoms with E-state index in [1.54, 1.807) is 36.7 Å². The number of benzene rings is 1. The van der Waals surface area contributed by atoms with Crippen LogP contribution >= 0.6 is 11.6 Å². The lowest BCUT2D eigenvalue weighted by molar-refractivity contribution is -0.113. The number of ketones is 1. The second kappa shape index (κ2) is 9.42. The molecule has 3 aliphatic rings. The van der Waals surface area contributed by atoms with Gasteiger partial charge in [0, 0.05) is 48.7 Å². The lowest BCUT2D eigenvalue weighted by Gasteiger charge is -2.22. The number of nitrogens with zero attached hydrogens (tertiary/aromatic N) is 3. The molecule has 1 atom stereocenters. The van der Waals surface area contributed by atoms with Crippen molar-refractivity contribution in [3.63, 3.8) is 0 Å². The normalized spacial score (nSPS) is 20.0. The zero-order valence-electron chi connectivity index (χ0n) is 18.3. The van der Waals surface area contributed by atoms with Crippen molar-refractivity contribution >= 4 is 35.3 Å². The summed E-state index contributed by atoms with van der Waals surface area (Å²) in [6.45, 7) is 1.29. The number of carbonyl (C=O) groups excluding carboxylic acids is 2. The molecule has 0 bridgehead atoms. The first-order chi connectivity index (χ1) is 16.5. The summed E-state index contributed by atoms with van der Waals surface area (Å²) in [5.74, 6) is -0.274. The Morgan fingerprint density at radius 1 is 1.21 bits per heavy atom. The van der Waals surface area contributed by atoms with Crippen LogP contribution in [-0.2, 0) is 4.79 Å². The summed E-state index contributed by atoms with van der Waals surface area (Å²) >= 11 is 6.17. The Balaban J connectivity index is 1.24. The van der Waals surface area contributed by atoms with E-state index in [-0.39, 0.29) is 35.5 Å². The number of urea groups is 1. The highest BCUT2D eigenvalue weighted by Crippen LogP contribution is 2.29. The average molecular weight is 484 g/mol. The van der Waals surface area contributed by atoms with Crippen LogP contribution < -0.4 is 15.4 Å². The largest absolute Gasteiger partial charge is 0.472 e. The molecule has 1 aromatic carbocycles. The van der Waals surface area contributed by atoms with E-state index in [0.717, 1.165) is 19.3 Å². The van der Waals surface area contributed by atoms with E-state index >= 15 is 0 Å². The van der Waals surface area contributed by atoms with Gasteiger partial charge in [0.1, 0.15) is 23.5 Å². The van der Waals surface area contributed by atoms with E-state index in [0.29, 0.717) is 41.5 Å². The van der Waals surface area contributed by atoms with Crippen LogP contribution in [0.4, 0.5) is 14.9 Å². The number of allylic oxidation sites excluding steroid dienone is 1. The Morgan fingerprint density at radius 2 is 2.06 bits per heavy atom. The SMILES string of the molecule is O=C(Nc1ccc(-c2ccnc(O[C@@H]3CCN(C4=C(Cl)C(=O)CN=C4)C3)c2)c(F)c1)NC1CC1. The number of likely N-dealkylation sites (tertiary alicyclic amines) is 1. The van der Waals surface area contributed by atoms with Gasteiger partial charge >= 0.3 is 6.03 Å². The quantitative estimate of drug-likeness (QED) is 0.652. The van der Waals surface area contributed by atoms with Crippen LogP contribution in [0.5, 0.6) is 5.88 Å². The number of amides is 2. The van der Waals surface area contributed by atoms with Gasteiger partial charge in [0.15, 0.2) is 5.78 Å². The molecule has 176 valence electrons. The first-order valence-electron chi connectivity index (χ1n) is 11.1. The maximum atomic E-state index is 14.8. The van der Waals surface area contributed by atoms with Crippen molar-refractivity contribution in [3.05, 3.63) is 53.1 Å². The van der Waals surface area contributed by atoms with Gasteiger partial charge < -0.3 is 20.3 Å². The van der Waals surface area contributed by atoms with Crippen LogP contribution in [0.25, 0.3) is 11.1 Å². The summed E-state index contributed by atoms with van der Waals surface area (Å²) < 4.78 is 20.9. The van der Waals surface area contributed by atoms with E-state index in [1.165, 1.54) is 6.07 Å². The molecule has 1 aliphatic carbocycles. The number of aliphatic imine (C=N–C) groups is 1. The number of dihydropyridines is 1. The van der Waals surface area contributed by atoms with Gasteiger partial charge in [-0.1, -0.05) is 11.6 Å². The molecule has 2 aromatic rings. The number of pyridine rings is 1. The molecule has 0 spiro atoms. The second-order valence-electron chi connectivity index (χ2n) is 8.52. The van der Waals surface area contributed by atoms with E-state index in [1.807, 2.05) is 4.90 Å². The molecule has 3 heterocycles. The van der Waals surface area contributed by atoms with Crippen LogP contribution in [-0.4, -0.2) is 59.7 Å². The second-order valence-corrected chi connectivity index (χ2v) is 8.89. The van der Waals surface area contributed by atoms with Crippen molar-refractivity contribution in [1.29, 1.82) is 0 Å². The zero-order chi connectivity index (χ0) is 23.7. The first kappa shape index (κ1) is 22.3. The molecule has 5 rings (SSSR count). The fourth-order valence-electron chi connectivity index (χ4n) is 3.97. The summed E-state index contributed by atoms with van der Waals surface area (Å²) in [5.41, 5.74) is 1.99. The first-order valence-corrected chi connectivity index (χ1v) is 11.5. The van der Waals surface area contributed by atoms with Gasteiger partial charge in [0.2, 0.25) is 5.88 Å². The van der Waals surface area contributed by atoms with E-state index < -0.39 is 5.82 Å². The fraction of sp³-hybridized carbons (Fsp3) is 0.333. The third-order valence-corrected chi connectivity index (χ3v) is 6.28. The Labute approximate surface area is 200 Å². The zero-order valence-corrected chi connectivity index (χ0v) is 19.0. The minimum absolute atomic E-state index is 0.0775. The van der Waals surface area contributed by atoms with Gasteiger partial charge in [-0.05, 0) is 42.7 Å². The lowest BCUT2D eigenvalue weighted by Crippen LogP contribution is -2.30. The fourth-order valence-corrected chi connectivity index (χ4v) is 4.20. The van der Waals surface area contributed by atoms with Crippen LogP contribution in [0.3, 0.4) is 0 Å². The van der Waals surface area contributed by atoms with Crippen LogP contribution in [0.1, 0.15) is 19.3 Å². The van der Waals surface area contributed by atoms with Crippen molar-refractivity contribution in [2.24, 2.45) is 4.99 Å². The molecule has 2 amide bonds. The monoisotopic (exact) mass is 483 g/mol. The van der Waals surface area contributed by atoms with E-state index in [2.05, 4.69) is 20.6 Å². The molecule has 0 unspecified atom stereocenters. The maximum Gasteiger partial charge on any atom is 0.319 e. The summed E-state index contributed by atoms with van der Waals surface area (Å²) in [6.07, 6.45) is 5.71. The molecule has 8 nitrogen and oxygen atoms in total. The number of Topliss-reactive ketones (excluding diaryl/α,β-unsaturated/α-hetero) is 1. The summed E-state index contributed by atoms with van der Waals surface area (Å²) in [7, 11) is 0. The third kappa shape index (κ3) is 5.04. The maximum absolute atomic E-state index is 14.8. The molecule has 0 radical (unpaired) electrons. The van der Waals surface area contributed by atoms with Crippen LogP contribution in [0.15, 0.2) is 52.3 Å². The van der Waals surface area contributed by atoms with Crippen molar-refractivity contribution in [2.45, 2.75) is 31.4 Å². The molecule has 1 aromatic heterocycles. The highest BCUT2D eigenvalue weighted by molar-refractivity contribution is 6.44. The predicted octanol–water partition coefficient (Wildman–Crippen LogP) is 3.73. The van der Waals surface area contributed by atoms with Gasteiger partial charge in [-0.15, -0.1) is 0 Å². The van der Waals surface area contributed by atoms with Crippen molar-refractivity contribution < 1.29 is 18.7 Å². The van der Waals surface area contributed by atoms with Gasteiger partial charge in [-0.25, -0.2) is 14.2 Å². The lowest BCUT2D eigenvalue weighted by atomic mass is 10.1. The van der Waals surface area contributed by atoms with Gasteiger partial charge in [0.25, 0.3) is 0 Å². The molecule has 2 N–H and O–H groups in total. The number of aromatic nitrogens is 1. The van der Waals surface area contributed by atoms with Crippen LogP contribution in [0, 0.1) is 5.82 Å². The van der Waals surface area contributed by atoms with Gasteiger partial charge in [-0.2, -0.15) is 0 Å². The van der Waals surface area contributed by atoms with Gasteiger partial charge in [-0.3, -0.25) is 9.79 Å². The predicted molar refractivity (Wildman–Crippen MR) is 127 cm³/mol. The molecule has 10 heteroatoms. The van der Waals surface area contributed by atoms with Crippen molar-refractivity contribution in [1.82, 2.24) is 15.2 Å². The molecule has 1 saturated carbocycles. The minimum Gasteiger partial charge on any atom is -0.472 e. The standard InChI is InChI=1S/C24H23ClFN5O3/c25-23-20(11-27-12-21(23)32)31-8-6-17(13-31)34-22-9-14(5-7-28-22)18-4-3-16(10-19(18)26)30-24(33)29-15-1-2-15/h3-5,7,9-11,15,17H,1-2,6,8,12-13H2,(H2,29,30,33)/t17-/m1/s1. The number of hydrogen-bond acceptors (Lipinski definition) is 6. The van der Waals surface area contributed by atoms with Crippen molar-refractivity contribution in [2.75, 3.05) is 25.0 Å². The Kier molecular flexibility index (Phi) is 6.19. The van der Waals surface area contributed by atoms with E-state index in [4.69, 9.17) is 16.3 Å². The number of rotatable bonds is 6. The molecule has 2 aliphatic heterocycles. The Bertz CT molecular complexity index is 1200.